The summed E-state index contributed by atoms with van der Waals surface area (Å²) in [4.78, 5) is 11.3. The van der Waals surface area contributed by atoms with Gasteiger partial charge >= 0.3 is 0 Å². The molecule has 1 saturated heterocycles. The van der Waals surface area contributed by atoms with Crippen molar-refractivity contribution in [3.63, 3.8) is 0 Å². The number of methoxy groups -OCH3 is 1. The number of furan rings is 1. The van der Waals surface area contributed by atoms with E-state index in [4.69, 9.17) is 9.15 Å². The van der Waals surface area contributed by atoms with Gasteiger partial charge in [-0.1, -0.05) is 12.1 Å². The lowest BCUT2D eigenvalue weighted by Gasteiger charge is -2.21. The second kappa shape index (κ2) is 9.71. The molecule has 1 aliphatic rings. The molecule has 1 unspecified atom stereocenters. The summed E-state index contributed by atoms with van der Waals surface area (Å²) >= 11 is 1.65. The third kappa shape index (κ3) is 4.66. The van der Waals surface area contributed by atoms with Crippen LogP contribution in [0.4, 0.5) is 0 Å². The van der Waals surface area contributed by atoms with Gasteiger partial charge in [0.15, 0.2) is 16.7 Å². The SMILES string of the molecule is CN=C(NCc1ccc(-c2nc3ccccc3s2)o1)N1CCC(COC)C1.I. The molecule has 1 aliphatic heterocycles. The van der Waals surface area contributed by atoms with E-state index >= 15 is 0 Å². The molecule has 0 amide bonds. The first kappa shape index (κ1) is 21.1. The molecule has 1 fully saturated rings. The van der Waals surface area contributed by atoms with Crippen LogP contribution >= 0.6 is 35.3 Å². The van der Waals surface area contributed by atoms with E-state index in [9.17, 15) is 0 Å². The van der Waals surface area contributed by atoms with E-state index in [0.29, 0.717) is 12.5 Å². The van der Waals surface area contributed by atoms with E-state index in [1.54, 1.807) is 18.4 Å². The zero-order valence-electron chi connectivity index (χ0n) is 16.1. The van der Waals surface area contributed by atoms with Gasteiger partial charge in [0.05, 0.1) is 23.4 Å². The zero-order chi connectivity index (χ0) is 18.6. The Labute approximate surface area is 186 Å². The van der Waals surface area contributed by atoms with Crippen LogP contribution in [0.2, 0.25) is 0 Å². The minimum Gasteiger partial charge on any atom is -0.457 e. The molecule has 28 heavy (non-hydrogen) atoms. The molecule has 4 rings (SSSR count). The Bertz CT molecular complexity index is 906. The van der Waals surface area contributed by atoms with Gasteiger partial charge < -0.3 is 19.4 Å². The Kier molecular flexibility index (Phi) is 7.30. The van der Waals surface area contributed by atoms with Gasteiger partial charge in [-0.2, -0.15) is 0 Å². The number of aromatic nitrogens is 1. The predicted octanol–water partition coefficient (Wildman–Crippen LogP) is 4.22. The maximum Gasteiger partial charge on any atom is 0.194 e. The number of likely N-dealkylation sites (tertiary alicyclic amines) is 1. The minimum atomic E-state index is 0. The third-order valence-electron chi connectivity index (χ3n) is 4.79. The summed E-state index contributed by atoms with van der Waals surface area (Å²) in [7, 11) is 3.58. The number of hydrogen-bond acceptors (Lipinski definition) is 5. The summed E-state index contributed by atoms with van der Waals surface area (Å²) in [5, 5.41) is 4.32. The van der Waals surface area contributed by atoms with Crippen LogP contribution in [0, 0.1) is 5.92 Å². The van der Waals surface area contributed by atoms with E-state index < -0.39 is 0 Å². The van der Waals surface area contributed by atoms with Crippen LogP contribution < -0.4 is 5.32 Å². The van der Waals surface area contributed by atoms with Crippen molar-refractivity contribution in [1.29, 1.82) is 0 Å². The highest BCUT2D eigenvalue weighted by atomic mass is 127. The molecule has 150 valence electrons. The van der Waals surface area contributed by atoms with Crippen molar-refractivity contribution in [2.75, 3.05) is 33.9 Å². The van der Waals surface area contributed by atoms with Crippen LogP contribution in [0.25, 0.3) is 21.0 Å². The Morgan fingerprint density at radius 2 is 2.21 bits per heavy atom. The quantitative estimate of drug-likeness (QED) is 0.315. The normalized spacial score (nSPS) is 17.1. The molecule has 1 N–H and O–H groups in total. The van der Waals surface area contributed by atoms with Crippen LogP contribution in [0.15, 0.2) is 45.8 Å². The first-order valence-corrected chi connectivity index (χ1v) is 9.97. The molecule has 0 saturated carbocycles. The lowest BCUT2D eigenvalue weighted by molar-refractivity contribution is 0.157. The number of thiazole rings is 1. The van der Waals surface area contributed by atoms with E-state index in [1.807, 2.05) is 37.4 Å². The Morgan fingerprint density at radius 1 is 1.36 bits per heavy atom. The number of rotatable bonds is 5. The second-order valence-corrected chi connectivity index (χ2v) is 7.74. The fraction of sp³-hybridized carbons (Fsp3) is 0.400. The van der Waals surface area contributed by atoms with Crippen molar-refractivity contribution in [2.45, 2.75) is 13.0 Å². The highest BCUT2D eigenvalue weighted by Crippen LogP contribution is 2.31. The predicted molar refractivity (Wildman–Crippen MR) is 124 cm³/mol. The highest BCUT2D eigenvalue weighted by Gasteiger charge is 2.24. The molecule has 2 aromatic heterocycles. The largest absolute Gasteiger partial charge is 0.457 e. The minimum absolute atomic E-state index is 0. The van der Waals surface area contributed by atoms with Crippen molar-refractivity contribution in [2.24, 2.45) is 10.9 Å². The average molecular weight is 512 g/mol. The number of nitrogens with zero attached hydrogens (tertiary/aromatic N) is 3. The topological polar surface area (TPSA) is 62.9 Å². The van der Waals surface area contributed by atoms with Crippen LogP contribution in [0.5, 0.6) is 0 Å². The molecule has 0 spiro atoms. The fourth-order valence-electron chi connectivity index (χ4n) is 3.46. The first-order chi connectivity index (χ1) is 13.3. The number of halogens is 1. The van der Waals surface area contributed by atoms with Gasteiger partial charge in [0.2, 0.25) is 0 Å². The maximum atomic E-state index is 6.01. The van der Waals surface area contributed by atoms with E-state index in [-0.39, 0.29) is 24.0 Å². The molecule has 0 radical (unpaired) electrons. The van der Waals surface area contributed by atoms with Gasteiger partial charge in [0, 0.05) is 33.2 Å². The van der Waals surface area contributed by atoms with Crippen molar-refractivity contribution < 1.29 is 9.15 Å². The van der Waals surface area contributed by atoms with Gasteiger partial charge in [-0.25, -0.2) is 4.98 Å². The van der Waals surface area contributed by atoms with Crippen molar-refractivity contribution in [3.8, 4) is 10.8 Å². The van der Waals surface area contributed by atoms with Crippen LogP contribution in [0.1, 0.15) is 12.2 Å². The van der Waals surface area contributed by atoms with Gasteiger partial charge in [-0.3, -0.25) is 4.99 Å². The monoisotopic (exact) mass is 512 g/mol. The molecule has 1 atom stereocenters. The molecule has 0 aliphatic carbocycles. The number of benzene rings is 1. The first-order valence-electron chi connectivity index (χ1n) is 9.16. The Morgan fingerprint density at radius 3 is 3.00 bits per heavy atom. The molecule has 1 aromatic carbocycles. The van der Waals surface area contributed by atoms with Crippen molar-refractivity contribution in [1.82, 2.24) is 15.2 Å². The van der Waals surface area contributed by atoms with E-state index in [2.05, 4.69) is 26.3 Å². The summed E-state index contributed by atoms with van der Waals surface area (Å²) in [6.07, 6.45) is 1.14. The standard InChI is InChI=1S/C20H24N4O2S.HI/c1-21-20(24-10-9-14(12-24)13-25-2)22-11-15-7-8-17(26-15)19-23-16-5-3-4-6-18(16)27-19;/h3-8,14H,9-13H2,1-2H3,(H,21,22);1H. The maximum absolute atomic E-state index is 6.01. The van der Waals surface area contributed by atoms with E-state index in [1.165, 1.54) is 4.70 Å². The third-order valence-corrected chi connectivity index (χ3v) is 5.84. The van der Waals surface area contributed by atoms with Crippen LogP contribution in [-0.2, 0) is 11.3 Å². The molecule has 8 heteroatoms. The smallest absolute Gasteiger partial charge is 0.194 e. The number of para-hydroxylation sites is 1. The second-order valence-electron chi connectivity index (χ2n) is 6.71. The summed E-state index contributed by atoms with van der Waals surface area (Å²) in [6, 6.07) is 12.1. The molecular formula is C20H25IN4O2S. The zero-order valence-corrected chi connectivity index (χ0v) is 19.2. The number of fused-ring (bicyclic) bond motifs is 1. The average Bonchev–Trinajstić information content (AvgIpc) is 3.41. The summed E-state index contributed by atoms with van der Waals surface area (Å²) in [6.45, 7) is 3.38. The Hall–Kier alpha value is -1.65. The van der Waals surface area contributed by atoms with Crippen molar-refractivity contribution in [3.05, 3.63) is 42.2 Å². The van der Waals surface area contributed by atoms with Gasteiger partial charge in [0.1, 0.15) is 5.76 Å². The number of guanidine groups is 1. The highest BCUT2D eigenvalue weighted by molar-refractivity contribution is 14.0. The molecule has 3 heterocycles. The molecule has 6 nitrogen and oxygen atoms in total. The van der Waals surface area contributed by atoms with Gasteiger partial charge in [-0.15, -0.1) is 35.3 Å². The van der Waals surface area contributed by atoms with Crippen LogP contribution in [-0.4, -0.2) is 49.7 Å². The molecule has 3 aromatic rings. The summed E-state index contributed by atoms with van der Waals surface area (Å²) in [5.74, 6) is 3.16. The van der Waals surface area contributed by atoms with E-state index in [0.717, 1.165) is 54.1 Å². The molecule has 0 bridgehead atoms. The number of ether oxygens (including phenoxy) is 1. The lowest BCUT2D eigenvalue weighted by atomic mass is 10.1. The van der Waals surface area contributed by atoms with Crippen molar-refractivity contribution >= 4 is 51.5 Å². The summed E-state index contributed by atoms with van der Waals surface area (Å²) < 4.78 is 12.5. The lowest BCUT2D eigenvalue weighted by Crippen LogP contribution is -2.39. The van der Waals surface area contributed by atoms with Gasteiger partial charge in [-0.05, 0) is 30.7 Å². The van der Waals surface area contributed by atoms with Crippen LogP contribution in [0.3, 0.4) is 0 Å². The fourth-order valence-corrected chi connectivity index (χ4v) is 4.39. The number of hydrogen-bond donors (Lipinski definition) is 1. The summed E-state index contributed by atoms with van der Waals surface area (Å²) in [5.41, 5.74) is 1.01. The number of aliphatic imine (C=N–C) groups is 1. The Balaban J connectivity index is 0.00000225. The molecular weight excluding hydrogens is 487 g/mol. The van der Waals surface area contributed by atoms with Gasteiger partial charge in [0.25, 0.3) is 0 Å². The number of nitrogens with one attached hydrogen (secondary N) is 1.